The first kappa shape index (κ1) is 23.9. The van der Waals surface area contributed by atoms with Crippen molar-refractivity contribution in [2.24, 2.45) is 4.99 Å². The summed E-state index contributed by atoms with van der Waals surface area (Å²) in [7, 11) is -3.32. The first-order valence-electron chi connectivity index (χ1n) is 10.4. The molecule has 164 valence electrons. The molecule has 2 rings (SSSR count). The van der Waals surface area contributed by atoms with Gasteiger partial charge in [-0.1, -0.05) is 61.5 Å². The van der Waals surface area contributed by atoms with Crippen molar-refractivity contribution in [1.29, 1.82) is 0 Å². The maximum absolute atomic E-state index is 12.1. The highest BCUT2D eigenvalue weighted by atomic mass is 32.2. The van der Waals surface area contributed by atoms with Gasteiger partial charge in [0.05, 0.1) is 12.3 Å². The van der Waals surface area contributed by atoms with Crippen LogP contribution in [0.2, 0.25) is 0 Å². The molecule has 3 N–H and O–H groups in total. The van der Waals surface area contributed by atoms with Crippen LogP contribution in [0.4, 0.5) is 0 Å². The zero-order valence-electron chi connectivity index (χ0n) is 18.4. The Hall–Kier alpha value is -2.38. The van der Waals surface area contributed by atoms with Gasteiger partial charge in [0.15, 0.2) is 5.96 Å². The van der Waals surface area contributed by atoms with Crippen LogP contribution in [0.25, 0.3) is 0 Å². The molecule has 0 radical (unpaired) electrons. The molecule has 2 aromatic rings. The molecule has 0 amide bonds. The Balaban J connectivity index is 1.94. The molecule has 1 atom stereocenters. The fraction of sp³-hybridized carbons (Fsp3) is 0.435. The molecule has 0 aliphatic carbocycles. The molecule has 0 spiro atoms. The summed E-state index contributed by atoms with van der Waals surface area (Å²) in [6.07, 6.45) is 0. The lowest BCUT2D eigenvalue weighted by Crippen LogP contribution is -2.39. The Morgan fingerprint density at radius 3 is 2.17 bits per heavy atom. The highest BCUT2D eigenvalue weighted by molar-refractivity contribution is 7.88. The summed E-state index contributed by atoms with van der Waals surface area (Å²) in [5.41, 5.74) is 3.08. The van der Waals surface area contributed by atoms with E-state index in [2.05, 4.69) is 51.5 Å². The average Bonchev–Trinajstić information content (AvgIpc) is 2.70. The van der Waals surface area contributed by atoms with Gasteiger partial charge in [0.25, 0.3) is 0 Å². The van der Waals surface area contributed by atoms with Crippen molar-refractivity contribution >= 4 is 16.0 Å². The standard InChI is InChI=1S/C23H34N4O2S/c1-5-24-23(25-15-19(4)22-9-7-6-8-10-22)26-16-20-11-13-21(14-12-20)17-30(28,29)27-18(2)3/h6-14,18-19,27H,5,15-17H2,1-4H3,(H2,24,25,26). The Labute approximate surface area is 181 Å². The second-order valence-electron chi connectivity index (χ2n) is 7.74. The number of benzene rings is 2. The number of nitrogens with zero attached hydrogens (tertiary/aromatic N) is 1. The minimum Gasteiger partial charge on any atom is -0.357 e. The quantitative estimate of drug-likeness (QED) is 0.399. The van der Waals surface area contributed by atoms with E-state index in [4.69, 9.17) is 0 Å². The zero-order chi connectivity index (χ0) is 22.0. The summed E-state index contributed by atoms with van der Waals surface area (Å²) < 4.78 is 26.7. The van der Waals surface area contributed by atoms with E-state index in [1.165, 1.54) is 5.56 Å². The van der Waals surface area contributed by atoms with Crippen molar-refractivity contribution in [2.75, 3.05) is 13.1 Å². The number of aliphatic imine (C=N–C) groups is 1. The summed E-state index contributed by atoms with van der Waals surface area (Å²) >= 11 is 0. The van der Waals surface area contributed by atoms with Crippen LogP contribution in [0, 0.1) is 0 Å². The average molecular weight is 431 g/mol. The van der Waals surface area contributed by atoms with E-state index in [1.54, 1.807) is 0 Å². The lowest BCUT2D eigenvalue weighted by molar-refractivity contribution is 0.569. The molecule has 0 aliphatic rings. The van der Waals surface area contributed by atoms with Gasteiger partial charge < -0.3 is 10.6 Å². The van der Waals surface area contributed by atoms with E-state index in [9.17, 15) is 8.42 Å². The minimum atomic E-state index is -3.32. The van der Waals surface area contributed by atoms with E-state index in [0.29, 0.717) is 12.5 Å². The Bertz CT molecular complexity index is 895. The lowest BCUT2D eigenvalue weighted by Gasteiger charge is -2.16. The van der Waals surface area contributed by atoms with Crippen molar-refractivity contribution in [2.45, 2.75) is 52.0 Å². The third-order valence-electron chi connectivity index (χ3n) is 4.50. The summed E-state index contributed by atoms with van der Waals surface area (Å²) in [5, 5.41) is 6.67. The van der Waals surface area contributed by atoms with E-state index >= 15 is 0 Å². The molecule has 1 unspecified atom stereocenters. The van der Waals surface area contributed by atoms with Crippen molar-refractivity contribution in [3.8, 4) is 0 Å². The zero-order valence-corrected chi connectivity index (χ0v) is 19.2. The third kappa shape index (κ3) is 8.55. The molecule has 6 nitrogen and oxygen atoms in total. The molecule has 0 aromatic heterocycles. The van der Waals surface area contributed by atoms with Gasteiger partial charge in [-0.2, -0.15) is 0 Å². The fourth-order valence-electron chi connectivity index (χ4n) is 3.02. The number of sulfonamides is 1. The van der Waals surface area contributed by atoms with Gasteiger partial charge in [0.2, 0.25) is 10.0 Å². The van der Waals surface area contributed by atoms with Crippen molar-refractivity contribution in [3.63, 3.8) is 0 Å². The molecule has 0 aliphatic heterocycles. The van der Waals surface area contributed by atoms with Gasteiger partial charge in [-0.25, -0.2) is 18.1 Å². The highest BCUT2D eigenvalue weighted by Gasteiger charge is 2.12. The topological polar surface area (TPSA) is 82.6 Å². The molecule has 2 aromatic carbocycles. The second-order valence-corrected chi connectivity index (χ2v) is 9.49. The van der Waals surface area contributed by atoms with Gasteiger partial charge in [-0.15, -0.1) is 0 Å². The Morgan fingerprint density at radius 2 is 1.57 bits per heavy atom. The number of rotatable bonds is 10. The molecule has 0 saturated carbocycles. The largest absolute Gasteiger partial charge is 0.357 e. The van der Waals surface area contributed by atoms with Gasteiger partial charge in [0.1, 0.15) is 0 Å². The van der Waals surface area contributed by atoms with Crippen LogP contribution >= 0.6 is 0 Å². The van der Waals surface area contributed by atoms with Crippen molar-refractivity contribution in [3.05, 3.63) is 71.3 Å². The first-order valence-corrected chi connectivity index (χ1v) is 12.1. The van der Waals surface area contributed by atoms with E-state index < -0.39 is 10.0 Å². The van der Waals surface area contributed by atoms with Crippen LogP contribution in [-0.2, 0) is 22.3 Å². The lowest BCUT2D eigenvalue weighted by atomic mass is 10.0. The predicted octanol–water partition coefficient (Wildman–Crippen LogP) is 3.37. The van der Waals surface area contributed by atoms with Crippen LogP contribution in [0.1, 0.15) is 50.3 Å². The molecule has 0 saturated heterocycles. The number of guanidine groups is 1. The van der Waals surface area contributed by atoms with Crippen molar-refractivity contribution < 1.29 is 8.42 Å². The van der Waals surface area contributed by atoms with Crippen LogP contribution in [0.3, 0.4) is 0 Å². The van der Waals surface area contributed by atoms with Gasteiger partial charge in [-0.05, 0) is 43.4 Å². The van der Waals surface area contributed by atoms with E-state index in [1.807, 2.05) is 51.1 Å². The molecule has 0 heterocycles. The van der Waals surface area contributed by atoms with Crippen molar-refractivity contribution in [1.82, 2.24) is 15.4 Å². The summed E-state index contributed by atoms with van der Waals surface area (Å²) in [6.45, 7) is 9.95. The van der Waals surface area contributed by atoms with Gasteiger partial charge in [0, 0.05) is 19.1 Å². The Kier molecular flexibility index (Phi) is 9.33. The maximum Gasteiger partial charge on any atom is 0.216 e. The highest BCUT2D eigenvalue weighted by Crippen LogP contribution is 2.13. The van der Waals surface area contributed by atoms with Crippen LogP contribution in [0.5, 0.6) is 0 Å². The van der Waals surface area contributed by atoms with Gasteiger partial charge >= 0.3 is 0 Å². The smallest absolute Gasteiger partial charge is 0.216 e. The molecule has 7 heteroatoms. The summed E-state index contributed by atoms with van der Waals surface area (Å²) in [6, 6.07) is 17.9. The third-order valence-corrected chi connectivity index (χ3v) is 6.05. The number of nitrogens with one attached hydrogen (secondary N) is 3. The number of hydrogen-bond acceptors (Lipinski definition) is 3. The van der Waals surface area contributed by atoms with Gasteiger partial charge in [-0.3, -0.25) is 0 Å². The second kappa shape index (κ2) is 11.7. The van der Waals surface area contributed by atoms with Crippen LogP contribution in [0.15, 0.2) is 59.6 Å². The predicted molar refractivity (Wildman–Crippen MR) is 125 cm³/mol. The molecule has 30 heavy (non-hydrogen) atoms. The fourth-order valence-corrected chi connectivity index (χ4v) is 4.46. The van der Waals surface area contributed by atoms with Crippen LogP contribution < -0.4 is 15.4 Å². The minimum absolute atomic E-state index is 0.0176. The summed E-state index contributed by atoms with van der Waals surface area (Å²) in [5.74, 6) is 1.12. The first-order chi connectivity index (χ1) is 14.3. The van der Waals surface area contributed by atoms with E-state index in [-0.39, 0.29) is 11.8 Å². The SMILES string of the molecule is CCNC(=NCc1ccc(CS(=O)(=O)NC(C)C)cc1)NCC(C)c1ccccc1. The normalized spacial score (nSPS) is 13.3. The Morgan fingerprint density at radius 1 is 0.933 bits per heavy atom. The molecular formula is C23H34N4O2S. The maximum atomic E-state index is 12.1. The van der Waals surface area contributed by atoms with E-state index in [0.717, 1.165) is 30.2 Å². The monoisotopic (exact) mass is 430 g/mol. The van der Waals surface area contributed by atoms with Crippen LogP contribution in [-0.4, -0.2) is 33.5 Å². The summed E-state index contributed by atoms with van der Waals surface area (Å²) in [4.78, 5) is 4.66. The number of hydrogen-bond donors (Lipinski definition) is 3. The molecule has 0 bridgehead atoms. The molecule has 0 fully saturated rings. The molecular weight excluding hydrogens is 396 g/mol.